The minimum Gasteiger partial charge on any atom is -0.494 e. The first-order chi connectivity index (χ1) is 18.1. The zero-order valence-corrected chi connectivity index (χ0v) is 22.6. The summed E-state index contributed by atoms with van der Waals surface area (Å²) >= 11 is 13.0. The predicted molar refractivity (Wildman–Crippen MR) is 156 cm³/mol. The van der Waals surface area contributed by atoms with Gasteiger partial charge in [0.25, 0.3) is 5.91 Å². The fourth-order valence-corrected chi connectivity index (χ4v) is 5.72. The van der Waals surface area contributed by atoms with Gasteiger partial charge in [-0.1, -0.05) is 35.9 Å². The quantitative estimate of drug-likeness (QED) is 0.175. The lowest BCUT2D eigenvalue weighted by Gasteiger charge is -2.20. The number of anilines is 1. The Balaban J connectivity index is 1.10. The van der Waals surface area contributed by atoms with Gasteiger partial charge in [0.05, 0.1) is 23.8 Å². The number of carbonyl (C=O) groups is 1. The average molecular weight is 551 g/mol. The predicted octanol–water partition coefficient (Wildman–Crippen LogP) is 7.26. The van der Waals surface area contributed by atoms with Crippen molar-refractivity contribution < 1.29 is 14.3 Å². The van der Waals surface area contributed by atoms with Crippen LogP contribution in [0.1, 0.15) is 34.5 Å². The van der Waals surface area contributed by atoms with Crippen LogP contribution in [0.25, 0.3) is 10.1 Å². The first-order valence-electron chi connectivity index (χ1n) is 12.3. The molecule has 0 spiro atoms. The van der Waals surface area contributed by atoms with Crippen molar-refractivity contribution in [2.24, 2.45) is 0 Å². The van der Waals surface area contributed by atoms with Gasteiger partial charge in [0.15, 0.2) is 5.11 Å². The Labute approximate surface area is 231 Å². The van der Waals surface area contributed by atoms with E-state index in [4.69, 9.17) is 33.3 Å². The summed E-state index contributed by atoms with van der Waals surface area (Å²) in [5.74, 6) is 1.55. The summed E-state index contributed by atoms with van der Waals surface area (Å²) < 4.78 is 13.0. The smallest absolute Gasteiger partial charge is 0.267 e. The van der Waals surface area contributed by atoms with Gasteiger partial charge in [-0.2, -0.15) is 0 Å². The van der Waals surface area contributed by atoms with Crippen LogP contribution in [0.15, 0.2) is 72.8 Å². The molecule has 1 aliphatic rings. The zero-order chi connectivity index (χ0) is 25.6. The van der Waals surface area contributed by atoms with Crippen molar-refractivity contribution in [1.82, 2.24) is 5.32 Å². The van der Waals surface area contributed by atoms with E-state index in [1.54, 1.807) is 0 Å². The number of nitrogens with one attached hydrogen (secondary N) is 1. The number of nitrogens with zero attached hydrogens (tertiary/aromatic N) is 1. The Hall–Kier alpha value is -3.13. The molecule has 190 valence electrons. The van der Waals surface area contributed by atoms with Gasteiger partial charge in [0, 0.05) is 21.8 Å². The van der Waals surface area contributed by atoms with Crippen molar-refractivity contribution in [3.63, 3.8) is 0 Å². The fourth-order valence-electron chi connectivity index (χ4n) is 4.35. The van der Waals surface area contributed by atoms with E-state index in [1.165, 1.54) is 11.3 Å². The number of halogens is 1. The van der Waals surface area contributed by atoms with Crippen LogP contribution in [0.2, 0.25) is 5.02 Å². The Kier molecular flexibility index (Phi) is 8.24. The molecule has 5 rings (SSSR count). The summed E-state index contributed by atoms with van der Waals surface area (Å²) in [7, 11) is 0. The van der Waals surface area contributed by atoms with Gasteiger partial charge < -0.3 is 14.4 Å². The first kappa shape index (κ1) is 25.5. The zero-order valence-electron chi connectivity index (χ0n) is 20.2. The Bertz CT molecular complexity index is 1370. The maximum absolute atomic E-state index is 12.9. The standard InChI is InChI=1S/C29H27ClN2O3S2/c30-21-11-13-22(14-12-21)34-17-4-1-5-18-35-25-9-6-8-24-23(25)15-16-32(24)29(36)31-28(33)27-19-20-7-2-3-10-26(20)37-27/h2-3,6-14,19H,1,4-5,15-18H2,(H,31,33,36). The number of thiophene rings is 1. The van der Waals surface area contributed by atoms with E-state index in [9.17, 15) is 4.79 Å². The molecule has 8 heteroatoms. The molecule has 0 atom stereocenters. The third-order valence-electron chi connectivity index (χ3n) is 6.23. The first-order valence-corrected chi connectivity index (χ1v) is 13.9. The molecule has 1 aromatic heterocycles. The van der Waals surface area contributed by atoms with Gasteiger partial charge in [0.2, 0.25) is 0 Å². The van der Waals surface area contributed by atoms with Gasteiger partial charge >= 0.3 is 0 Å². The van der Waals surface area contributed by atoms with Crippen molar-refractivity contribution in [3.05, 3.63) is 88.3 Å². The Morgan fingerprint density at radius 3 is 2.57 bits per heavy atom. The molecule has 1 aliphatic heterocycles. The van der Waals surface area contributed by atoms with Crippen molar-refractivity contribution in [1.29, 1.82) is 0 Å². The van der Waals surface area contributed by atoms with Crippen LogP contribution in [-0.4, -0.2) is 30.8 Å². The van der Waals surface area contributed by atoms with Gasteiger partial charge in [-0.3, -0.25) is 10.1 Å². The summed E-state index contributed by atoms with van der Waals surface area (Å²) in [5, 5.41) is 5.10. The molecule has 0 unspecified atom stereocenters. The number of fused-ring (bicyclic) bond motifs is 2. The molecule has 0 radical (unpaired) electrons. The number of unbranched alkanes of at least 4 members (excludes halogenated alkanes) is 2. The second-order valence-electron chi connectivity index (χ2n) is 8.77. The van der Waals surface area contributed by atoms with Crippen LogP contribution in [0.4, 0.5) is 5.69 Å². The van der Waals surface area contributed by atoms with Crippen LogP contribution in [0.3, 0.4) is 0 Å². The Morgan fingerprint density at radius 2 is 1.76 bits per heavy atom. The number of carbonyl (C=O) groups excluding carboxylic acids is 1. The van der Waals surface area contributed by atoms with Crippen LogP contribution >= 0.6 is 35.2 Å². The van der Waals surface area contributed by atoms with Crippen LogP contribution in [0.5, 0.6) is 11.5 Å². The SMILES string of the molecule is O=C(NC(=S)N1CCc2c(OCCCCCOc3ccc(Cl)cc3)cccc21)c1cc2ccccc2s1. The maximum Gasteiger partial charge on any atom is 0.267 e. The normalized spacial score (nSPS) is 12.4. The molecule has 1 amide bonds. The molecule has 4 aromatic rings. The van der Waals surface area contributed by atoms with Crippen molar-refractivity contribution in [2.75, 3.05) is 24.7 Å². The molecule has 37 heavy (non-hydrogen) atoms. The molecule has 0 saturated carbocycles. The molecule has 5 nitrogen and oxygen atoms in total. The number of amides is 1. The highest BCUT2D eigenvalue weighted by Crippen LogP contribution is 2.35. The molecular weight excluding hydrogens is 524 g/mol. The molecule has 0 fully saturated rings. The van der Waals surface area contributed by atoms with E-state index in [0.29, 0.717) is 34.8 Å². The molecule has 0 saturated heterocycles. The number of hydrogen-bond donors (Lipinski definition) is 1. The highest BCUT2D eigenvalue weighted by Gasteiger charge is 2.26. The summed E-state index contributed by atoms with van der Waals surface area (Å²) in [6.07, 6.45) is 3.74. The van der Waals surface area contributed by atoms with Gasteiger partial charge in [0.1, 0.15) is 11.5 Å². The largest absolute Gasteiger partial charge is 0.494 e. The minimum atomic E-state index is -0.174. The van der Waals surface area contributed by atoms with Crippen LogP contribution in [-0.2, 0) is 6.42 Å². The molecule has 2 heterocycles. The Morgan fingerprint density at radius 1 is 0.973 bits per heavy atom. The third-order valence-corrected chi connectivity index (χ3v) is 7.92. The fraction of sp³-hybridized carbons (Fsp3) is 0.241. The summed E-state index contributed by atoms with van der Waals surface area (Å²) in [5.41, 5.74) is 2.13. The van der Waals surface area contributed by atoms with E-state index >= 15 is 0 Å². The number of benzene rings is 3. The van der Waals surface area contributed by atoms with E-state index in [1.807, 2.05) is 77.7 Å². The van der Waals surface area contributed by atoms with E-state index in [-0.39, 0.29) is 5.91 Å². The maximum atomic E-state index is 12.9. The molecule has 3 aromatic carbocycles. The average Bonchev–Trinajstić information content (AvgIpc) is 3.54. The lowest BCUT2D eigenvalue weighted by molar-refractivity contribution is 0.0981. The number of rotatable bonds is 9. The van der Waals surface area contributed by atoms with E-state index in [0.717, 1.165) is 58.5 Å². The van der Waals surface area contributed by atoms with Crippen LogP contribution in [0, 0.1) is 0 Å². The minimum absolute atomic E-state index is 0.174. The second kappa shape index (κ2) is 11.9. The molecule has 0 aliphatic carbocycles. The third kappa shape index (κ3) is 6.24. The number of ether oxygens (including phenoxy) is 2. The topological polar surface area (TPSA) is 50.8 Å². The van der Waals surface area contributed by atoms with Crippen molar-refractivity contribution in [3.8, 4) is 11.5 Å². The highest BCUT2D eigenvalue weighted by molar-refractivity contribution is 7.80. The van der Waals surface area contributed by atoms with Crippen molar-refractivity contribution in [2.45, 2.75) is 25.7 Å². The summed E-state index contributed by atoms with van der Waals surface area (Å²) in [6, 6.07) is 23.3. The monoisotopic (exact) mass is 550 g/mol. The highest BCUT2D eigenvalue weighted by atomic mass is 35.5. The number of hydrogen-bond acceptors (Lipinski definition) is 5. The lowest BCUT2D eigenvalue weighted by Crippen LogP contribution is -2.41. The molecular formula is C29H27ClN2O3S2. The van der Waals surface area contributed by atoms with Gasteiger partial charge in [-0.05, 0) is 91.8 Å². The van der Waals surface area contributed by atoms with Crippen LogP contribution < -0.4 is 19.7 Å². The van der Waals surface area contributed by atoms with Gasteiger partial charge in [-0.15, -0.1) is 11.3 Å². The second-order valence-corrected chi connectivity index (χ2v) is 10.7. The number of thiocarbonyl (C=S) groups is 1. The summed E-state index contributed by atoms with van der Waals surface area (Å²) in [4.78, 5) is 15.5. The lowest BCUT2D eigenvalue weighted by atomic mass is 10.1. The molecule has 0 bridgehead atoms. The van der Waals surface area contributed by atoms with E-state index < -0.39 is 0 Å². The van der Waals surface area contributed by atoms with Gasteiger partial charge in [-0.25, -0.2) is 0 Å². The summed E-state index contributed by atoms with van der Waals surface area (Å²) in [6.45, 7) is 2.02. The molecule has 1 N–H and O–H groups in total. The van der Waals surface area contributed by atoms with E-state index in [2.05, 4.69) is 5.32 Å². The van der Waals surface area contributed by atoms with Crippen molar-refractivity contribution >= 4 is 61.9 Å².